The lowest BCUT2D eigenvalue weighted by Crippen LogP contribution is -2.49. The van der Waals surface area contributed by atoms with Gasteiger partial charge in [0.25, 0.3) is 5.91 Å². The second-order valence-corrected chi connectivity index (χ2v) is 14.8. The molecule has 5 atom stereocenters. The van der Waals surface area contributed by atoms with Crippen molar-refractivity contribution in [3.63, 3.8) is 0 Å². The van der Waals surface area contributed by atoms with Crippen LogP contribution in [0.5, 0.6) is 5.75 Å². The molecule has 44 heavy (non-hydrogen) atoms. The lowest BCUT2D eigenvalue weighted by molar-refractivity contribution is 0.0982. The van der Waals surface area contributed by atoms with E-state index in [9.17, 15) is 9.00 Å². The first-order chi connectivity index (χ1) is 21.2. The Hall–Kier alpha value is -2.13. The van der Waals surface area contributed by atoms with Crippen molar-refractivity contribution < 1.29 is 18.5 Å². The Morgan fingerprint density at radius 1 is 1.16 bits per heavy atom. The molecular formula is C35H52ClN3O4S. The maximum atomic E-state index is 13.1. The van der Waals surface area contributed by atoms with Crippen molar-refractivity contribution >= 4 is 34.2 Å². The Morgan fingerprint density at radius 2 is 1.98 bits per heavy atom. The number of unbranched alkanes of at least 4 members (excludes halogenated alkanes) is 1. The van der Waals surface area contributed by atoms with E-state index in [1.54, 1.807) is 13.2 Å². The maximum Gasteiger partial charge on any atom is 0.263 e. The van der Waals surface area contributed by atoms with E-state index < -0.39 is 11.0 Å². The van der Waals surface area contributed by atoms with Crippen LogP contribution in [0.1, 0.15) is 93.6 Å². The summed E-state index contributed by atoms with van der Waals surface area (Å²) >= 11 is 6.44. The van der Waals surface area contributed by atoms with Crippen LogP contribution in [0.25, 0.3) is 0 Å². The maximum absolute atomic E-state index is 13.1. The third-order valence-corrected chi connectivity index (χ3v) is 10.6. The Bertz CT molecular complexity index is 1260. The number of carbonyl (C=O) groups is 1. The molecule has 244 valence electrons. The average Bonchev–Trinajstić information content (AvgIpc) is 3.17. The van der Waals surface area contributed by atoms with Crippen molar-refractivity contribution in [3.05, 3.63) is 58.1 Å². The van der Waals surface area contributed by atoms with E-state index in [-0.39, 0.29) is 17.1 Å². The van der Waals surface area contributed by atoms with Gasteiger partial charge in [-0.3, -0.25) is 9.52 Å². The number of nitrogens with zero attached hydrogens (tertiary/aromatic N) is 1. The molecule has 0 radical (unpaired) electrons. The van der Waals surface area contributed by atoms with Crippen molar-refractivity contribution in [3.8, 4) is 5.75 Å². The molecule has 1 fully saturated rings. The first-order valence-electron chi connectivity index (χ1n) is 16.5. The summed E-state index contributed by atoms with van der Waals surface area (Å²) in [5, 5.41) is 4.41. The molecule has 2 aliphatic rings. The standard InChI is InChI=1S/C35H52ClN3O4S/c1-6-8-10-32(37-17-18-42-5)31-14-11-27(31)21-39-22-28(30-15-13-29(36)19-25(30)9-7-2)23-43-34-16-12-26(20-33(34)39)35(40)38-44(41)24(3)4/h12-13,15-16,19-20,24,27-28,31-32,37H,6-11,14,17-18,21-23H2,1-5H3,(H,38,40). The molecule has 0 aromatic heterocycles. The smallest absolute Gasteiger partial charge is 0.263 e. The number of anilines is 1. The molecule has 9 heteroatoms. The van der Waals surface area contributed by atoms with E-state index in [0.717, 1.165) is 48.9 Å². The van der Waals surface area contributed by atoms with Crippen LogP contribution in [0.15, 0.2) is 36.4 Å². The predicted molar refractivity (Wildman–Crippen MR) is 182 cm³/mol. The summed E-state index contributed by atoms with van der Waals surface area (Å²) < 4.78 is 26.9. The van der Waals surface area contributed by atoms with Crippen LogP contribution in [0.2, 0.25) is 5.02 Å². The highest BCUT2D eigenvalue weighted by molar-refractivity contribution is 7.84. The Morgan fingerprint density at radius 3 is 2.66 bits per heavy atom. The minimum atomic E-state index is -1.44. The van der Waals surface area contributed by atoms with Gasteiger partial charge in [-0.1, -0.05) is 50.8 Å². The molecule has 1 aliphatic carbocycles. The van der Waals surface area contributed by atoms with Crippen molar-refractivity contribution in [1.82, 2.24) is 10.0 Å². The number of methoxy groups -OCH3 is 1. The number of rotatable bonds is 16. The fourth-order valence-electron chi connectivity index (χ4n) is 6.60. The van der Waals surface area contributed by atoms with Gasteiger partial charge >= 0.3 is 0 Å². The highest BCUT2D eigenvalue weighted by Crippen LogP contribution is 2.43. The Labute approximate surface area is 272 Å². The van der Waals surface area contributed by atoms with Crippen molar-refractivity contribution in [2.75, 3.05) is 44.9 Å². The van der Waals surface area contributed by atoms with Gasteiger partial charge in [0.05, 0.1) is 18.9 Å². The highest BCUT2D eigenvalue weighted by Gasteiger charge is 2.39. The number of hydrogen-bond acceptors (Lipinski definition) is 6. The van der Waals surface area contributed by atoms with Gasteiger partial charge in [-0.05, 0) is 92.8 Å². The predicted octanol–water partition coefficient (Wildman–Crippen LogP) is 6.90. The fourth-order valence-corrected chi connectivity index (χ4v) is 7.33. The first kappa shape index (κ1) is 34.7. The highest BCUT2D eigenvalue weighted by atomic mass is 35.5. The summed E-state index contributed by atoms with van der Waals surface area (Å²) in [7, 11) is 0.313. The molecular weight excluding hydrogens is 594 g/mol. The fraction of sp³-hybridized carbons (Fsp3) is 0.629. The number of amides is 1. The van der Waals surface area contributed by atoms with Crippen LogP contribution >= 0.6 is 11.6 Å². The summed E-state index contributed by atoms with van der Waals surface area (Å²) in [5.41, 5.74) is 3.99. The summed E-state index contributed by atoms with van der Waals surface area (Å²) in [4.78, 5) is 15.6. The molecule has 1 heterocycles. The number of carbonyl (C=O) groups excluding carboxylic acids is 1. The average molecular weight is 646 g/mol. The number of benzene rings is 2. The molecule has 0 spiro atoms. The number of halogens is 1. The van der Waals surface area contributed by atoms with Crippen LogP contribution < -0.4 is 19.7 Å². The molecule has 0 bridgehead atoms. The number of hydrogen-bond donors (Lipinski definition) is 2. The van der Waals surface area contributed by atoms with E-state index in [4.69, 9.17) is 21.1 Å². The van der Waals surface area contributed by atoms with Gasteiger partial charge in [0.15, 0.2) is 0 Å². The lowest BCUT2D eigenvalue weighted by atomic mass is 9.68. The van der Waals surface area contributed by atoms with Gasteiger partial charge in [-0.2, -0.15) is 0 Å². The SMILES string of the molecule is CCCCC(NCCOC)C1CCC1CN1CC(c2ccc(Cl)cc2CCC)COc2ccc(C(=O)NS(=O)C(C)C)cc21. The monoisotopic (exact) mass is 645 g/mol. The molecule has 2 aromatic carbocycles. The van der Waals surface area contributed by atoms with E-state index in [0.29, 0.717) is 36.7 Å². The van der Waals surface area contributed by atoms with Crippen LogP contribution in [0.4, 0.5) is 5.69 Å². The second kappa shape index (κ2) is 17.0. The normalized spacial score (nSPS) is 21.2. The van der Waals surface area contributed by atoms with Gasteiger partial charge in [-0.25, -0.2) is 4.21 Å². The lowest BCUT2D eigenvalue weighted by Gasteiger charge is -2.45. The third kappa shape index (κ3) is 8.99. The van der Waals surface area contributed by atoms with E-state index >= 15 is 0 Å². The van der Waals surface area contributed by atoms with Gasteiger partial charge < -0.3 is 19.7 Å². The summed E-state index contributed by atoms with van der Waals surface area (Å²) in [5.74, 6) is 1.74. The minimum absolute atomic E-state index is 0.154. The van der Waals surface area contributed by atoms with Gasteiger partial charge in [0.2, 0.25) is 0 Å². The van der Waals surface area contributed by atoms with Crippen LogP contribution in [-0.2, 0) is 22.1 Å². The molecule has 1 saturated carbocycles. The summed E-state index contributed by atoms with van der Waals surface area (Å²) in [6.45, 7) is 11.9. The summed E-state index contributed by atoms with van der Waals surface area (Å²) in [6, 6.07) is 12.3. The largest absolute Gasteiger partial charge is 0.491 e. The van der Waals surface area contributed by atoms with Crippen molar-refractivity contribution in [2.24, 2.45) is 11.8 Å². The molecule has 1 amide bonds. The zero-order chi connectivity index (χ0) is 31.6. The molecule has 0 saturated heterocycles. The third-order valence-electron chi connectivity index (χ3n) is 9.16. The van der Waals surface area contributed by atoms with Gasteiger partial charge in [0.1, 0.15) is 16.7 Å². The van der Waals surface area contributed by atoms with E-state index in [2.05, 4.69) is 40.9 Å². The van der Waals surface area contributed by atoms with Crippen molar-refractivity contribution in [2.45, 2.75) is 89.9 Å². The minimum Gasteiger partial charge on any atom is -0.491 e. The van der Waals surface area contributed by atoms with Gasteiger partial charge in [-0.15, -0.1) is 0 Å². The molecule has 2 N–H and O–H groups in total. The van der Waals surface area contributed by atoms with E-state index in [1.807, 2.05) is 32.0 Å². The zero-order valence-corrected chi connectivity index (χ0v) is 28.8. The Kier molecular flexibility index (Phi) is 13.4. The molecule has 7 nitrogen and oxygen atoms in total. The zero-order valence-electron chi connectivity index (χ0n) is 27.2. The van der Waals surface area contributed by atoms with Gasteiger partial charge in [0, 0.05) is 54.5 Å². The van der Waals surface area contributed by atoms with Crippen molar-refractivity contribution in [1.29, 1.82) is 0 Å². The van der Waals surface area contributed by atoms with E-state index in [1.165, 1.54) is 43.2 Å². The number of nitrogens with one attached hydrogen (secondary N) is 2. The molecule has 5 unspecified atom stereocenters. The van der Waals surface area contributed by atoms with Crippen LogP contribution in [0, 0.1) is 11.8 Å². The Balaban J connectivity index is 1.64. The second-order valence-electron chi connectivity index (χ2n) is 12.7. The topological polar surface area (TPSA) is 79.9 Å². The quantitative estimate of drug-likeness (QED) is 0.193. The molecule has 1 aliphatic heterocycles. The number of fused-ring (bicyclic) bond motifs is 1. The van der Waals surface area contributed by atoms with Crippen LogP contribution in [0.3, 0.4) is 0 Å². The summed E-state index contributed by atoms with van der Waals surface area (Å²) in [6.07, 6.45) is 7.99. The molecule has 4 rings (SSSR count). The first-order valence-corrected chi connectivity index (χ1v) is 18.1. The molecule has 2 aromatic rings. The number of ether oxygens (including phenoxy) is 2. The number of aryl methyl sites for hydroxylation is 1. The van der Waals surface area contributed by atoms with Crippen LogP contribution in [-0.4, -0.2) is 61.4 Å².